The van der Waals surface area contributed by atoms with E-state index < -0.39 is 5.97 Å². The van der Waals surface area contributed by atoms with Crippen LogP contribution < -0.4 is 0 Å². The van der Waals surface area contributed by atoms with Crippen LogP contribution in [0.1, 0.15) is 11.4 Å². The summed E-state index contributed by atoms with van der Waals surface area (Å²) in [6.07, 6.45) is 2.76. The molecule has 4 heteroatoms. The second-order valence-electron chi connectivity index (χ2n) is 5.94. The summed E-state index contributed by atoms with van der Waals surface area (Å²) < 4.78 is 1.98. The average Bonchev–Trinajstić information content (AvgIpc) is 2.99. The van der Waals surface area contributed by atoms with Gasteiger partial charge in [0.05, 0.1) is 11.4 Å². The van der Waals surface area contributed by atoms with Gasteiger partial charge in [0.15, 0.2) is 0 Å². The maximum Gasteiger partial charge on any atom is 0.328 e. The fourth-order valence-electron chi connectivity index (χ4n) is 3.13. The number of hydrogen-bond donors (Lipinski definition) is 1. The van der Waals surface area contributed by atoms with Gasteiger partial charge in [-0.1, -0.05) is 42.5 Å². The van der Waals surface area contributed by atoms with Gasteiger partial charge in [0.2, 0.25) is 0 Å². The molecule has 0 aliphatic carbocycles. The molecular formula is C21H16N2O2. The number of pyridine rings is 1. The molecule has 4 aromatic rings. The number of aliphatic carboxylic acids is 1. The number of benzene rings is 2. The summed E-state index contributed by atoms with van der Waals surface area (Å²) >= 11 is 0. The third kappa shape index (κ3) is 2.68. The highest BCUT2D eigenvalue weighted by molar-refractivity contribution is 5.90. The van der Waals surface area contributed by atoms with Gasteiger partial charge in [0.25, 0.3) is 0 Å². The standard InChI is InChI=1S/C21H16N2O2/c1-14-5-4-8-19-22-21(18(23(14)19)11-12-20(24)25)17-10-9-15-6-2-3-7-16(15)13-17/h2-13H,1H3,(H,24,25)/b12-11+. The molecule has 0 spiro atoms. The molecule has 0 fully saturated rings. The van der Waals surface area contributed by atoms with Gasteiger partial charge in [-0.25, -0.2) is 9.78 Å². The van der Waals surface area contributed by atoms with Crippen LogP contribution in [0.3, 0.4) is 0 Å². The summed E-state index contributed by atoms with van der Waals surface area (Å²) in [6, 6.07) is 20.2. The molecule has 4 nitrogen and oxygen atoms in total. The lowest BCUT2D eigenvalue weighted by Gasteiger charge is -2.05. The Morgan fingerprint density at radius 2 is 1.84 bits per heavy atom. The van der Waals surface area contributed by atoms with E-state index >= 15 is 0 Å². The SMILES string of the molecule is Cc1cccc2nc(-c3ccc4ccccc4c3)c(/C=C/C(=O)O)n12. The highest BCUT2D eigenvalue weighted by atomic mass is 16.4. The van der Waals surface area contributed by atoms with E-state index in [4.69, 9.17) is 10.1 Å². The third-order valence-electron chi connectivity index (χ3n) is 4.28. The molecule has 0 saturated heterocycles. The lowest BCUT2D eigenvalue weighted by atomic mass is 10.0. The van der Waals surface area contributed by atoms with Crippen molar-refractivity contribution in [3.63, 3.8) is 0 Å². The monoisotopic (exact) mass is 328 g/mol. The molecule has 25 heavy (non-hydrogen) atoms. The van der Waals surface area contributed by atoms with Gasteiger partial charge in [-0.2, -0.15) is 0 Å². The number of carbonyl (C=O) groups is 1. The molecule has 0 unspecified atom stereocenters. The Balaban J connectivity index is 2.00. The molecule has 1 N–H and O–H groups in total. The first-order chi connectivity index (χ1) is 12.1. The highest BCUT2D eigenvalue weighted by Crippen LogP contribution is 2.29. The molecule has 0 saturated carbocycles. The van der Waals surface area contributed by atoms with E-state index in [1.165, 1.54) is 0 Å². The average molecular weight is 328 g/mol. The molecule has 122 valence electrons. The molecule has 0 aliphatic rings. The zero-order valence-electron chi connectivity index (χ0n) is 13.7. The number of aromatic nitrogens is 2. The largest absolute Gasteiger partial charge is 0.478 e. The molecule has 0 atom stereocenters. The Bertz CT molecular complexity index is 1140. The minimum absolute atomic E-state index is 0.769. The van der Waals surface area contributed by atoms with Crippen molar-refractivity contribution in [2.24, 2.45) is 0 Å². The summed E-state index contributed by atoms with van der Waals surface area (Å²) in [5, 5.41) is 11.3. The van der Waals surface area contributed by atoms with Crippen molar-refractivity contribution in [2.75, 3.05) is 0 Å². The van der Waals surface area contributed by atoms with Gasteiger partial charge in [0, 0.05) is 17.3 Å². The predicted octanol–water partition coefficient (Wildman–Crippen LogP) is 4.56. The second kappa shape index (κ2) is 5.91. The minimum atomic E-state index is -0.979. The highest BCUT2D eigenvalue weighted by Gasteiger charge is 2.14. The Labute approximate surface area is 144 Å². The molecule has 2 aromatic heterocycles. The van der Waals surface area contributed by atoms with E-state index in [0.717, 1.165) is 45.1 Å². The minimum Gasteiger partial charge on any atom is -0.478 e. The van der Waals surface area contributed by atoms with Crippen LogP contribution in [0.15, 0.2) is 66.7 Å². The van der Waals surface area contributed by atoms with E-state index in [0.29, 0.717) is 0 Å². The number of imidazole rings is 1. The summed E-state index contributed by atoms with van der Waals surface area (Å²) in [7, 11) is 0. The van der Waals surface area contributed by atoms with Crippen molar-refractivity contribution >= 4 is 28.5 Å². The van der Waals surface area contributed by atoms with Crippen LogP contribution in [0.25, 0.3) is 33.8 Å². The van der Waals surface area contributed by atoms with Gasteiger partial charge in [-0.05, 0) is 42.0 Å². The van der Waals surface area contributed by atoms with Crippen LogP contribution in [0, 0.1) is 6.92 Å². The molecule has 2 heterocycles. The quantitative estimate of drug-likeness (QED) is 0.561. The molecule has 4 rings (SSSR count). The van der Waals surface area contributed by atoms with Crippen LogP contribution in [0.2, 0.25) is 0 Å². The van der Waals surface area contributed by atoms with E-state index in [2.05, 4.69) is 24.3 Å². The maximum atomic E-state index is 11.0. The fourth-order valence-corrected chi connectivity index (χ4v) is 3.13. The van der Waals surface area contributed by atoms with Crippen molar-refractivity contribution in [3.05, 3.63) is 78.1 Å². The van der Waals surface area contributed by atoms with Crippen molar-refractivity contribution < 1.29 is 9.90 Å². The lowest BCUT2D eigenvalue weighted by Crippen LogP contribution is -1.94. The number of fused-ring (bicyclic) bond motifs is 2. The van der Waals surface area contributed by atoms with E-state index in [-0.39, 0.29) is 0 Å². The second-order valence-corrected chi connectivity index (χ2v) is 5.94. The Kier molecular flexibility index (Phi) is 3.58. The van der Waals surface area contributed by atoms with Crippen LogP contribution in [-0.2, 0) is 4.79 Å². The first-order valence-electron chi connectivity index (χ1n) is 8.02. The number of carboxylic acid groups (broad SMARTS) is 1. The molecule has 0 bridgehead atoms. The third-order valence-corrected chi connectivity index (χ3v) is 4.28. The molecule has 0 aliphatic heterocycles. The molecular weight excluding hydrogens is 312 g/mol. The Hall–Kier alpha value is -3.40. The number of hydrogen-bond acceptors (Lipinski definition) is 2. The van der Waals surface area contributed by atoms with Gasteiger partial charge in [0.1, 0.15) is 5.65 Å². The summed E-state index contributed by atoms with van der Waals surface area (Å²) in [5.74, 6) is -0.979. The van der Waals surface area contributed by atoms with Crippen molar-refractivity contribution in [2.45, 2.75) is 6.92 Å². The number of carboxylic acids is 1. The Morgan fingerprint density at radius 3 is 2.64 bits per heavy atom. The molecule has 2 aromatic carbocycles. The Morgan fingerprint density at radius 1 is 1.04 bits per heavy atom. The lowest BCUT2D eigenvalue weighted by molar-refractivity contribution is -0.131. The van der Waals surface area contributed by atoms with Gasteiger partial charge < -0.3 is 5.11 Å². The molecule has 0 amide bonds. The number of nitrogens with zero attached hydrogens (tertiary/aromatic N) is 2. The van der Waals surface area contributed by atoms with Crippen LogP contribution in [-0.4, -0.2) is 20.5 Å². The summed E-state index contributed by atoms with van der Waals surface area (Å²) in [6.45, 7) is 1.98. The zero-order chi connectivity index (χ0) is 17.4. The normalized spacial score (nSPS) is 11.6. The molecule has 0 radical (unpaired) electrons. The van der Waals surface area contributed by atoms with Crippen molar-refractivity contribution in [3.8, 4) is 11.3 Å². The van der Waals surface area contributed by atoms with Gasteiger partial charge in [-0.15, -0.1) is 0 Å². The topological polar surface area (TPSA) is 54.6 Å². The predicted molar refractivity (Wildman–Crippen MR) is 99.5 cm³/mol. The van der Waals surface area contributed by atoms with E-state index in [1.807, 2.05) is 47.7 Å². The van der Waals surface area contributed by atoms with Gasteiger partial charge in [-0.3, -0.25) is 4.40 Å². The first-order valence-corrected chi connectivity index (χ1v) is 8.02. The number of aryl methyl sites for hydroxylation is 1. The zero-order valence-corrected chi connectivity index (χ0v) is 13.7. The van der Waals surface area contributed by atoms with Crippen LogP contribution >= 0.6 is 0 Å². The van der Waals surface area contributed by atoms with Gasteiger partial charge >= 0.3 is 5.97 Å². The fraction of sp³-hybridized carbons (Fsp3) is 0.0476. The van der Waals surface area contributed by atoms with Crippen LogP contribution in [0.5, 0.6) is 0 Å². The maximum absolute atomic E-state index is 11.0. The first kappa shape index (κ1) is 15.1. The van der Waals surface area contributed by atoms with E-state index in [9.17, 15) is 4.79 Å². The van der Waals surface area contributed by atoms with E-state index in [1.54, 1.807) is 6.08 Å². The summed E-state index contributed by atoms with van der Waals surface area (Å²) in [5.41, 5.74) is 4.31. The van der Waals surface area contributed by atoms with Crippen LogP contribution in [0.4, 0.5) is 0 Å². The number of rotatable bonds is 3. The smallest absolute Gasteiger partial charge is 0.328 e. The summed E-state index contributed by atoms with van der Waals surface area (Å²) in [4.78, 5) is 15.8. The van der Waals surface area contributed by atoms with Crippen molar-refractivity contribution in [1.82, 2.24) is 9.38 Å². The van der Waals surface area contributed by atoms with Crippen molar-refractivity contribution in [1.29, 1.82) is 0 Å².